The van der Waals surface area contributed by atoms with Gasteiger partial charge in [0.25, 0.3) is 0 Å². The molecule has 132 valence electrons. The van der Waals surface area contributed by atoms with E-state index in [-0.39, 0.29) is 42.4 Å². The van der Waals surface area contributed by atoms with Gasteiger partial charge in [0, 0.05) is 0 Å². The Morgan fingerprint density at radius 1 is 0.913 bits per heavy atom. The third-order valence-electron chi connectivity index (χ3n) is 2.73. The Labute approximate surface area is 163 Å². The van der Waals surface area contributed by atoms with E-state index in [0.717, 1.165) is 12.8 Å². The van der Waals surface area contributed by atoms with Crippen LogP contribution >= 0.6 is 0 Å². The van der Waals surface area contributed by atoms with Crippen LogP contribution in [0.5, 0.6) is 0 Å². The molecule has 1 atom stereocenters. The van der Waals surface area contributed by atoms with Crippen molar-refractivity contribution >= 4 is 23.3 Å². The molecule has 0 aromatic carbocycles. The summed E-state index contributed by atoms with van der Waals surface area (Å²) in [6, 6.07) is 0. The van der Waals surface area contributed by atoms with Gasteiger partial charge < -0.3 is 18.9 Å². The quantitative estimate of drug-likeness (QED) is 0.266. The summed E-state index contributed by atoms with van der Waals surface area (Å²) in [4.78, 5) is 19.3. The first-order chi connectivity index (χ1) is 10.4. The molecule has 0 radical (unpaired) electrons. The van der Waals surface area contributed by atoms with Gasteiger partial charge >= 0.3 is 41.5 Å². The molecule has 0 fully saturated rings. The maximum absolute atomic E-state index is 9.98. The van der Waals surface area contributed by atoms with Crippen LogP contribution in [0, 0.1) is 0 Å². The summed E-state index contributed by atoms with van der Waals surface area (Å²) in [5.74, 6) is -2.15. The zero-order chi connectivity index (χ0) is 17.2. The first kappa shape index (κ1) is 27.8. The standard InChI is InChI=1S/C10H22O3S.C4H6O4.Na/c1-2-3-4-5-6-7-8-9-10-13-14(11)12;5-3(6)1-2-4(7)8;/h2-10H2,1H3,(H,11,12);1-2H2,(H,5,6)(H,7,8);/q;;+1/p-1. The molecule has 2 N–H and O–H groups in total. The van der Waals surface area contributed by atoms with Crippen molar-refractivity contribution in [1.82, 2.24) is 0 Å². The number of hydrogen-bond donors (Lipinski definition) is 2. The van der Waals surface area contributed by atoms with E-state index < -0.39 is 23.3 Å². The molecule has 0 saturated heterocycles. The normalized spacial score (nSPS) is 10.9. The van der Waals surface area contributed by atoms with Gasteiger partial charge in [0.2, 0.25) is 0 Å². The van der Waals surface area contributed by atoms with Gasteiger partial charge in [-0.2, -0.15) is 0 Å². The van der Waals surface area contributed by atoms with Crippen LogP contribution in [0.3, 0.4) is 0 Å². The zero-order valence-electron chi connectivity index (χ0n) is 14.1. The zero-order valence-corrected chi connectivity index (χ0v) is 16.9. The molecule has 0 aliphatic carbocycles. The van der Waals surface area contributed by atoms with E-state index in [1.807, 2.05) is 0 Å². The van der Waals surface area contributed by atoms with Crippen molar-refractivity contribution < 1.29 is 62.3 Å². The fourth-order valence-electron chi connectivity index (χ4n) is 1.58. The van der Waals surface area contributed by atoms with Gasteiger partial charge in [0.05, 0.1) is 30.8 Å². The Bertz CT molecular complexity index is 300. The number of carboxylic acid groups (broad SMARTS) is 2. The largest absolute Gasteiger partial charge is 1.00 e. The Hall–Kier alpha value is 0.0100. The summed E-state index contributed by atoms with van der Waals surface area (Å²) in [6.07, 6.45) is 9.04. The molecule has 0 aliphatic heterocycles. The van der Waals surface area contributed by atoms with Crippen LogP contribution in [0.15, 0.2) is 0 Å². The number of hydrogen-bond acceptors (Lipinski definition) is 5. The molecule has 0 heterocycles. The van der Waals surface area contributed by atoms with Crippen LogP contribution in [-0.4, -0.2) is 37.5 Å². The molecule has 1 unspecified atom stereocenters. The van der Waals surface area contributed by atoms with E-state index >= 15 is 0 Å². The summed E-state index contributed by atoms with van der Waals surface area (Å²) >= 11 is -2.33. The van der Waals surface area contributed by atoms with Gasteiger partial charge in [-0.3, -0.25) is 9.59 Å². The molecular formula is C14H27NaO7S. The third kappa shape index (κ3) is 34.4. The minimum Gasteiger partial charge on any atom is -0.750 e. The van der Waals surface area contributed by atoms with Crippen molar-refractivity contribution in [3.05, 3.63) is 0 Å². The number of rotatable bonds is 13. The molecule has 0 aromatic heterocycles. The second-order valence-electron chi connectivity index (χ2n) is 4.79. The van der Waals surface area contributed by atoms with Crippen molar-refractivity contribution in [2.24, 2.45) is 0 Å². The molecule has 0 saturated carbocycles. The molecular weight excluding hydrogens is 335 g/mol. The molecule has 0 aliphatic rings. The van der Waals surface area contributed by atoms with Gasteiger partial charge in [0.1, 0.15) is 0 Å². The Kier molecular flexibility index (Phi) is 26.6. The van der Waals surface area contributed by atoms with Gasteiger partial charge in [-0.05, 0) is 6.42 Å². The summed E-state index contributed by atoms with van der Waals surface area (Å²) in [5, 5.41) is 15.8. The number of carbonyl (C=O) groups is 2. The molecule has 0 spiro atoms. The maximum atomic E-state index is 9.98. The van der Waals surface area contributed by atoms with Gasteiger partial charge in [-0.15, -0.1) is 0 Å². The minimum absolute atomic E-state index is 0. The predicted octanol–water partition coefficient (Wildman–Crippen LogP) is -0.122. The summed E-state index contributed by atoms with van der Waals surface area (Å²) < 4.78 is 24.4. The van der Waals surface area contributed by atoms with E-state index in [4.69, 9.17) is 10.2 Å². The summed E-state index contributed by atoms with van der Waals surface area (Å²) in [6.45, 7) is 2.55. The second kappa shape index (κ2) is 22.0. The topological polar surface area (TPSA) is 124 Å². The monoisotopic (exact) mass is 362 g/mol. The van der Waals surface area contributed by atoms with Crippen molar-refractivity contribution in [3.8, 4) is 0 Å². The van der Waals surface area contributed by atoms with Crippen LogP contribution in [0.1, 0.15) is 71.1 Å². The van der Waals surface area contributed by atoms with Crippen LogP contribution < -0.4 is 29.6 Å². The first-order valence-electron chi connectivity index (χ1n) is 7.56. The van der Waals surface area contributed by atoms with E-state index in [1.165, 1.54) is 38.5 Å². The second-order valence-corrected chi connectivity index (χ2v) is 5.43. The van der Waals surface area contributed by atoms with E-state index in [9.17, 15) is 18.4 Å². The molecule has 9 heteroatoms. The van der Waals surface area contributed by atoms with Crippen LogP contribution in [0.4, 0.5) is 0 Å². The van der Waals surface area contributed by atoms with Gasteiger partial charge in [-0.25, -0.2) is 4.21 Å². The average molecular weight is 362 g/mol. The number of carboxylic acids is 2. The van der Waals surface area contributed by atoms with Crippen molar-refractivity contribution in [2.75, 3.05) is 6.61 Å². The molecule has 7 nitrogen and oxygen atoms in total. The summed E-state index contributed by atoms with van der Waals surface area (Å²) in [5.41, 5.74) is 0. The smallest absolute Gasteiger partial charge is 0.750 e. The fourth-order valence-corrected chi connectivity index (χ4v) is 1.83. The predicted molar refractivity (Wildman–Crippen MR) is 82.0 cm³/mol. The van der Waals surface area contributed by atoms with Gasteiger partial charge in [-0.1, -0.05) is 51.9 Å². The summed E-state index contributed by atoms with van der Waals surface area (Å²) in [7, 11) is 0. The molecule has 0 amide bonds. The van der Waals surface area contributed by atoms with Crippen LogP contribution in [-0.2, 0) is 25.1 Å². The number of unbranched alkanes of at least 4 members (excludes halogenated alkanes) is 7. The van der Waals surface area contributed by atoms with Crippen LogP contribution in [0.2, 0.25) is 0 Å². The van der Waals surface area contributed by atoms with E-state index in [0.29, 0.717) is 6.61 Å². The van der Waals surface area contributed by atoms with Crippen LogP contribution in [0.25, 0.3) is 0 Å². The van der Waals surface area contributed by atoms with E-state index in [2.05, 4.69) is 11.1 Å². The van der Waals surface area contributed by atoms with Gasteiger partial charge in [0.15, 0.2) is 0 Å². The number of aliphatic carboxylic acids is 2. The SMILES string of the molecule is CCCCCCCCCCOS(=O)[O-].O=C(O)CCC(=O)O.[Na+]. The molecule has 0 bridgehead atoms. The Morgan fingerprint density at radius 2 is 1.30 bits per heavy atom. The molecule has 0 rings (SSSR count). The fraction of sp³-hybridized carbons (Fsp3) is 0.857. The Balaban J connectivity index is -0.000000382. The minimum atomic E-state index is -2.33. The Morgan fingerprint density at radius 3 is 1.65 bits per heavy atom. The first-order valence-corrected chi connectivity index (χ1v) is 8.56. The molecule has 0 aromatic rings. The average Bonchev–Trinajstić information content (AvgIpc) is 2.44. The third-order valence-corrected chi connectivity index (χ3v) is 3.09. The van der Waals surface area contributed by atoms with Crippen molar-refractivity contribution in [3.63, 3.8) is 0 Å². The maximum Gasteiger partial charge on any atom is 1.00 e. The molecule has 23 heavy (non-hydrogen) atoms. The van der Waals surface area contributed by atoms with E-state index in [1.54, 1.807) is 0 Å². The van der Waals surface area contributed by atoms with Crippen molar-refractivity contribution in [1.29, 1.82) is 0 Å². The van der Waals surface area contributed by atoms with Crippen molar-refractivity contribution in [2.45, 2.75) is 71.1 Å².